The van der Waals surface area contributed by atoms with E-state index in [0.29, 0.717) is 29.2 Å². The number of fused-ring (bicyclic) bond motifs is 1. The third-order valence-corrected chi connectivity index (χ3v) is 6.81. The van der Waals surface area contributed by atoms with Gasteiger partial charge >= 0.3 is 12.1 Å². The summed E-state index contributed by atoms with van der Waals surface area (Å²) in [6.45, 7) is 0.703. The summed E-state index contributed by atoms with van der Waals surface area (Å²) in [5.74, 6) is -0.169. The smallest absolute Gasteiger partial charge is 0.426 e. The topological polar surface area (TPSA) is 58.6 Å². The summed E-state index contributed by atoms with van der Waals surface area (Å²) in [5, 5.41) is 12.1. The normalized spacial score (nSPS) is 15.4. The Balaban J connectivity index is 1.42. The first-order valence-electron chi connectivity index (χ1n) is 10.8. The molecule has 4 nitrogen and oxygen atoms in total. The van der Waals surface area contributed by atoms with Crippen molar-refractivity contribution < 1.29 is 27.8 Å². The van der Waals surface area contributed by atoms with Gasteiger partial charge in [0.15, 0.2) is 0 Å². The number of alkyl halides is 3. The molecule has 174 valence electrons. The van der Waals surface area contributed by atoms with E-state index in [-0.39, 0.29) is 24.6 Å². The summed E-state index contributed by atoms with van der Waals surface area (Å²) in [6, 6.07) is 16.1. The van der Waals surface area contributed by atoms with Crippen LogP contribution < -0.4 is 10.1 Å². The highest BCUT2D eigenvalue weighted by molar-refractivity contribution is 7.12. The van der Waals surface area contributed by atoms with E-state index >= 15 is 0 Å². The van der Waals surface area contributed by atoms with Gasteiger partial charge in [-0.3, -0.25) is 4.79 Å². The molecule has 4 rings (SSSR count). The zero-order chi connectivity index (χ0) is 23.4. The maximum Gasteiger partial charge on any atom is 0.426 e. The summed E-state index contributed by atoms with van der Waals surface area (Å²) >= 11 is 0.718. The number of thiophene rings is 1. The van der Waals surface area contributed by atoms with E-state index in [9.17, 15) is 18.0 Å². The van der Waals surface area contributed by atoms with E-state index in [4.69, 9.17) is 9.84 Å². The van der Waals surface area contributed by atoms with Gasteiger partial charge in [-0.05, 0) is 60.7 Å². The lowest BCUT2D eigenvalue weighted by atomic mass is 10.1. The summed E-state index contributed by atoms with van der Waals surface area (Å²) in [7, 11) is 0. The molecule has 0 radical (unpaired) electrons. The summed E-state index contributed by atoms with van der Waals surface area (Å²) < 4.78 is 46.6. The Bertz CT molecular complexity index is 1110. The zero-order valence-corrected chi connectivity index (χ0v) is 18.6. The number of benzene rings is 2. The van der Waals surface area contributed by atoms with Crippen molar-refractivity contribution in [3.8, 4) is 16.9 Å². The number of carboxylic acids is 1. The van der Waals surface area contributed by atoms with Crippen molar-refractivity contribution in [3.63, 3.8) is 0 Å². The van der Waals surface area contributed by atoms with Crippen LogP contribution in [0.15, 0.2) is 54.6 Å². The maximum atomic E-state index is 13.6. The maximum absolute atomic E-state index is 13.6. The molecule has 3 aromatic rings. The second-order valence-electron chi connectivity index (χ2n) is 8.01. The third-order valence-electron chi connectivity index (χ3n) is 5.66. The summed E-state index contributed by atoms with van der Waals surface area (Å²) in [6.07, 6.45) is -1.91. The molecule has 1 aliphatic rings. The van der Waals surface area contributed by atoms with Gasteiger partial charge < -0.3 is 15.2 Å². The van der Waals surface area contributed by atoms with Crippen molar-refractivity contribution in [2.24, 2.45) is 0 Å². The van der Waals surface area contributed by atoms with Crippen molar-refractivity contribution in [3.05, 3.63) is 75.5 Å². The molecule has 2 aromatic carbocycles. The van der Waals surface area contributed by atoms with Gasteiger partial charge in [0.05, 0.1) is 0 Å². The van der Waals surface area contributed by atoms with E-state index in [1.54, 1.807) is 36.4 Å². The largest absolute Gasteiger partial charge is 0.488 e. The number of ether oxygens (including phenoxy) is 1. The van der Waals surface area contributed by atoms with E-state index in [2.05, 4.69) is 5.32 Å². The Labute approximate surface area is 194 Å². The number of carboxylic acid groups (broad SMARTS) is 1. The first kappa shape index (κ1) is 23.3. The Kier molecular flexibility index (Phi) is 7.05. The first-order chi connectivity index (χ1) is 15.8. The highest BCUT2D eigenvalue weighted by Crippen LogP contribution is 2.43. The Morgan fingerprint density at radius 1 is 1.15 bits per heavy atom. The molecule has 0 amide bonds. The second kappa shape index (κ2) is 9.97. The number of rotatable bonds is 9. The lowest BCUT2D eigenvalue weighted by molar-refractivity contribution is -0.137. The standard InChI is InChI=1S/C25H24F3NO3S/c26-25(27,28)24-21(16-5-2-1-3-6-16)14-19(33-24)15-32-18-9-10-20-17(13-18)8-11-22(20)29-12-4-7-23(30)31/h1-3,5-6,9-10,13-14,22,29H,4,7-8,11-12,15H2,(H,30,31). The van der Waals surface area contributed by atoms with E-state index in [0.717, 1.165) is 29.7 Å². The average molecular weight is 476 g/mol. The van der Waals surface area contributed by atoms with Crippen LogP contribution >= 0.6 is 11.3 Å². The Hall–Kier alpha value is -2.84. The van der Waals surface area contributed by atoms with Crippen LogP contribution in [0.5, 0.6) is 5.75 Å². The van der Waals surface area contributed by atoms with Crippen LogP contribution in [0.1, 0.15) is 46.2 Å². The van der Waals surface area contributed by atoms with Gasteiger partial charge in [0.25, 0.3) is 0 Å². The molecule has 1 aliphatic carbocycles. The van der Waals surface area contributed by atoms with Crippen molar-refractivity contribution in [1.82, 2.24) is 5.32 Å². The number of aryl methyl sites for hydroxylation is 1. The van der Waals surface area contributed by atoms with Crippen molar-refractivity contribution in [2.75, 3.05) is 6.54 Å². The van der Waals surface area contributed by atoms with Gasteiger partial charge in [0, 0.05) is 22.9 Å². The number of halogens is 3. The van der Waals surface area contributed by atoms with Crippen molar-refractivity contribution in [2.45, 2.75) is 44.5 Å². The van der Waals surface area contributed by atoms with Gasteiger partial charge in [-0.15, -0.1) is 11.3 Å². The molecule has 1 aromatic heterocycles. The molecule has 0 bridgehead atoms. The molecular formula is C25H24F3NO3S. The van der Waals surface area contributed by atoms with Gasteiger partial charge in [-0.1, -0.05) is 36.4 Å². The molecule has 2 N–H and O–H groups in total. The number of carbonyl (C=O) groups is 1. The highest BCUT2D eigenvalue weighted by atomic mass is 32.1. The van der Waals surface area contributed by atoms with Gasteiger partial charge in [0.1, 0.15) is 17.2 Å². The minimum atomic E-state index is -4.42. The molecule has 1 heterocycles. The average Bonchev–Trinajstić information content (AvgIpc) is 3.40. The minimum Gasteiger partial charge on any atom is -0.488 e. The molecule has 8 heteroatoms. The Morgan fingerprint density at radius 3 is 2.67 bits per heavy atom. The zero-order valence-electron chi connectivity index (χ0n) is 17.8. The monoisotopic (exact) mass is 475 g/mol. The number of nitrogens with one attached hydrogen (secondary N) is 1. The number of aliphatic carboxylic acids is 1. The molecule has 33 heavy (non-hydrogen) atoms. The van der Waals surface area contributed by atoms with Crippen LogP contribution in [0.4, 0.5) is 13.2 Å². The van der Waals surface area contributed by atoms with Crippen LogP contribution in [-0.4, -0.2) is 17.6 Å². The van der Waals surface area contributed by atoms with Crippen LogP contribution in [0.25, 0.3) is 11.1 Å². The third kappa shape index (κ3) is 5.75. The molecule has 0 saturated heterocycles. The fourth-order valence-corrected chi connectivity index (χ4v) is 5.08. The molecule has 1 atom stereocenters. The lowest BCUT2D eigenvalue weighted by Crippen LogP contribution is -2.21. The molecule has 0 saturated carbocycles. The van der Waals surface area contributed by atoms with Crippen LogP contribution in [-0.2, 0) is 24.0 Å². The molecular weight excluding hydrogens is 451 g/mol. The van der Waals surface area contributed by atoms with Gasteiger partial charge in [-0.2, -0.15) is 13.2 Å². The Morgan fingerprint density at radius 2 is 1.94 bits per heavy atom. The van der Waals surface area contributed by atoms with Crippen LogP contribution in [0.3, 0.4) is 0 Å². The highest BCUT2D eigenvalue weighted by Gasteiger charge is 2.36. The quantitative estimate of drug-likeness (QED) is 0.349. The van der Waals surface area contributed by atoms with Crippen LogP contribution in [0.2, 0.25) is 0 Å². The second-order valence-corrected chi connectivity index (χ2v) is 9.15. The summed E-state index contributed by atoms with van der Waals surface area (Å²) in [4.78, 5) is 10.5. The van der Waals surface area contributed by atoms with E-state index in [1.807, 2.05) is 18.2 Å². The molecule has 0 fully saturated rings. The minimum absolute atomic E-state index is 0.0657. The predicted molar refractivity (Wildman–Crippen MR) is 121 cm³/mol. The van der Waals surface area contributed by atoms with E-state index in [1.165, 1.54) is 5.56 Å². The fourth-order valence-electron chi connectivity index (χ4n) is 4.12. The van der Waals surface area contributed by atoms with Crippen molar-refractivity contribution >= 4 is 17.3 Å². The predicted octanol–water partition coefficient (Wildman–Crippen LogP) is 6.45. The number of hydrogen-bond donors (Lipinski definition) is 2. The van der Waals surface area contributed by atoms with Crippen molar-refractivity contribution in [1.29, 1.82) is 0 Å². The molecule has 1 unspecified atom stereocenters. The van der Waals surface area contributed by atoms with Crippen LogP contribution in [0, 0.1) is 0 Å². The first-order valence-corrected chi connectivity index (χ1v) is 11.6. The van der Waals surface area contributed by atoms with Gasteiger partial charge in [-0.25, -0.2) is 0 Å². The lowest BCUT2D eigenvalue weighted by Gasteiger charge is -2.14. The van der Waals surface area contributed by atoms with Gasteiger partial charge in [0.2, 0.25) is 0 Å². The summed E-state index contributed by atoms with van der Waals surface area (Å²) in [5.41, 5.74) is 3.03. The van der Waals surface area contributed by atoms with E-state index < -0.39 is 17.0 Å². The number of hydrogen-bond acceptors (Lipinski definition) is 4. The fraction of sp³-hybridized carbons (Fsp3) is 0.320. The molecule has 0 aliphatic heterocycles. The molecule has 0 spiro atoms. The SMILES string of the molecule is O=C(O)CCCNC1CCc2cc(OCc3cc(-c4ccccc4)c(C(F)(F)F)s3)ccc21.